The number of aromatic nitrogens is 2. The second kappa shape index (κ2) is 7.63. The molecule has 2 aromatic carbocycles. The van der Waals surface area contributed by atoms with Gasteiger partial charge < -0.3 is 0 Å². The van der Waals surface area contributed by atoms with Crippen molar-refractivity contribution in [3.05, 3.63) is 64.2 Å². The van der Waals surface area contributed by atoms with Gasteiger partial charge in [0.05, 0.1) is 5.69 Å². The molecule has 2 N–H and O–H groups in total. The van der Waals surface area contributed by atoms with E-state index in [1.165, 1.54) is 6.07 Å². The number of hydrogen-bond donors (Lipinski definition) is 2. The van der Waals surface area contributed by atoms with Gasteiger partial charge in [0.1, 0.15) is 0 Å². The molecule has 0 aliphatic heterocycles. The standard InChI is InChI=1S/C17H15ClN4O3S2/c1-10-3-6-12(7-4-10)15(23)19-16-20-21-17(26-16)27(24,25)22-14-9-13(18)8-5-11(14)2/h3-9,22H,1-2H3,(H,19,20,23). The lowest BCUT2D eigenvalue weighted by Gasteiger charge is -2.08. The molecule has 0 aliphatic rings. The van der Waals surface area contributed by atoms with Crippen molar-refractivity contribution in [3.8, 4) is 0 Å². The lowest BCUT2D eigenvalue weighted by molar-refractivity contribution is 0.102. The average molecular weight is 423 g/mol. The van der Waals surface area contributed by atoms with Crippen LogP contribution in [0.3, 0.4) is 0 Å². The number of carbonyl (C=O) groups is 1. The maximum absolute atomic E-state index is 12.5. The van der Waals surface area contributed by atoms with E-state index < -0.39 is 15.9 Å². The fourth-order valence-electron chi connectivity index (χ4n) is 2.14. The Hall–Kier alpha value is -2.49. The van der Waals surface area contributed by atoms with Crippen LogP contribution in [0.2, 0.25) is 5.02 Å². The topological polar surface area (TPSA) is 101 Å². The van der Waals surface area contributed by atoms with E-state index >= 15 is 0 Å². The fourth-order valence-corrected chi connectivity index (χ4v) is 4.33. The summed E-state index contributed by atoms with van der Waals surface area (Å²) in [5.41, 5.74) is 2.52. The van der Waals surface area contributed by atoms with Crippen LogP contribution in [0.25, 0.3) is 0 Å². The number of hydrogen-bond acceptors (Lipinski definition) is 6. The summed E-state index contributed by atoms with van der Waals surface area (Å²) < 4.78 is 27.2. The fraction of sp³-hybridized carbons (Fsp3) is 0.118. The van der Waals surface area contributed by atoms with E-state index in [9.17, 15) is 13.2 Å². The Morgan fingerprint density at radius 3 is 2.48 bits per heavy atom. The summed E-state index contributed by atoms with van der Waals surface area (Å²) in [5, 5.41) is 10.4. The predicted octanol–water partition coefficient (Wildman–Crippen LogP) is 3.86. The highest BCUT2D eigenvalue weighted by atomic mass is 35.5. The molecule has 10 heteroatoms. The van der Waals surface area contributed by atoms with Gasteiger partial charge in [-0.1, -0.05) is 46.7 Å². The van der Waals surface area contributed by atoms with Gasteiger partial charge in [0, 0.05) is 10.6 Å². The van der Waals surface area contributed by atoms with Gasteiger partial charge in [-0.25, -0.2) is 0 Å². The Morgan fingerprint density at radius 1 is 1.07 bits per heavy atom. The third-order valence-electron chi connectivity index (χ3n) is 3.61. The van der Waals surface area contributed by atoms with Crippen LogP contribution in [-0.4, -0.2) is 24.5 Å². The Kier molecular flexibility index (Phi) is 5.45. The SMILES string of the molecule is Cc1ccc(C(=O)Nc2nnc(S(=O)(=O)Nc3cc(Cl)ccc3C)s2)cc1. The van der Waals surface area contributed by atoms with Crippen LogP contribution < -0.4 is 10.0 Å². The summed E-state index contributed by atoms with van der Waals surface area (Å²) in [6, 6.07) is 11.8. The third kappa shape index (κ3) is 4.62. The minimum Gasteiger partial charge on any atom is -0.296 e. The molecule has 0 aliphatic carbocycles. The second-order valence-electron chi connectivity index (χ2n) is 5.76. The van der Waals surface area contributed by atoms with E-state index in [1.54, 1.807) is 31.2 Å². The van der Waals surface area contributed by atoms with Crippen LogP contribution in [0.5, 0.6) is 0 Å². The minimum atomic E-state index is -3.95. The molecular formula is C17H15ClN4O3S2. The Bertz CT molecular complexity index is 1100. The van der Waals surface area contributed by atoms with E-state index in [0.29, 0.717) is 21.8 Å². The number of benzene rings is 2. The summed E-state index contributed by atoms with van der Waals surface area (Å²) in [6.07, 6.45) is 0. The van der Waals surface area contributed by atoms with Crippen LogP contribution in [-0.2, 0) is 10.0 Å². The summed E-state index contributed by atoms with van der Waals surface area (Å²) in [4.78, 5) is 12.2. The van der Waals surface area contributed by atoms with Crippen molar-refractivity contribution in [2.75, 3.05) is 10.0 Å². The number of amides is 1. The molecule has 0 spiro atoms. The average Bonchev–Trinajstić information content (AvgIpc) is 3.08. The number of nitrogens with one attached hydrogen (secondary N) is 2. The molecule has 1 heterocycles. The Morgan fingerprint density at radius 2 is 1.78 bits per heavy atom. The van der Waals surface area contributed by atoms with Gasteiger partial charge in [0.2, 0.25) is 5.13 Å². The summed E-state index contributed by atoms with van der Waals surface area (Å²) in [7, 11) is -3.95. The maximum atomic E-state index is 12.5. The molecule has 1 aromatic heterocycles. The van der Waals surface area contributed by atoms with Gasteiger partial charge in [-0.3, -0.25) is 14.8 Å². The normalized spacial score (nSPS) is 11.2. The number of anilines is 2. The van der Waals surface area contributed by atoms with Crippen LogP contribution in [0.1, 0.15) is 21.5 Å². The van der Waals surface area contributed by atoms with Crippen molar-refractivity contribution in [3.63, 3.8) is 0 Å². The van der Waals surface area contributed by atoms with Gasteiger partial charge in [-0.05, 0) is 43.7 Å². The molecule has 0 fully saturated rings. The van der Waals surface area contributed by atoms with Gasteiger partial charge in [-0.2, -0.15) is 8.42 Å². The molecule has 0 unspecified atom stereocenters. The van der Waals surface area contributed by atoms with Crippen LogP contribution >= 0.6 is 22.9 Å². The highest BCUT2D eigenvalue weighted by Crippen LogP contribution is 2.26. The zero-order valence-electron chi connectivity index (χ0n) is 14.4. The van der Waals surface area contributed by atoms with Crippen molar-refractivity contribution in [1.82, 2.24) is 10.2 Å². The first-order valence-corrected chi connectivity index (χ1v) is 10.4. The first kappa shape index (κ1) is 19.3. The molecule has 0 radical (unpaired) electrons. The summed E-state index contributed by atoms with van der Waals surface area (Å²) >= 11 is 6.67. The molecule has 140 valence electrons. The molecular weight excluding hydrogens is 408 g/mol. The number of nitrogens with zero attached hydrogens (tertiary/aromatic N) is 2. The van der Waals surface area contributed by atoms with E-state index in [-0.39, 0.29) is 9.47 Å². The first-order valence-electron chi connectivity index (χ1n) is 7.75. The number of rotatable bonds is 5. The van der Waals surface area contributed by atoms with E-state index in [4.69, 9.17) is 11.6 Å². The van der Waals surface area contributed by atoms with Gasteiger partial charge in [0.15, 0.2) is 0 Å². The van der Waals surface area contributed by atoms with Crippen molar-refractivity contribution in [2.24, 2.45) is 0 Å². The van der Waals surface area contributed by atoms with Crippen molar-refractivity contribution in [1.29, 1.82) is 0 Å². The number of carbonyl (C=O) groups excluding carboxylic acids is 1. The van der Waals surface area contributed by atoms with Crippen LogP contribution in [0, 0.1) is 13.8 Å². The first-order chi connectivity index (χ1) is 12.7. The molecule has 7 nitrogen and oxygen atoms in total. The number of halogens is 1. The zero-order chi connectivity index (χ0) is 19.6. The van der Waals surface area contributed by atoms with Crippen molar-refractivity contribution >= 4 is 49.7 Å². The number of sulfonamides is 1. The van der Waals surface area contributed by atoms with Gasteiger partial charge in [-0.15, -0.1) is 10.2 Å². The lowest BCUT2D eigenvalue weighted by Crippen LogP contribution is -2.13. The Labute approximate surface area is 165 Å². The van der Waals surface area contributed by atoms with Crippen molar-refractivity contribution in [2.45, 2.75) is 18.2 Å². The predicted molar refractivity (Wildman–Crippen MR) is 106 cm³/mol. The molecule has 0 bridgehead atoms. The molecule has 3 aromatic rings. The minimum absolute atomic E-state index is 0.0868. The zero-order valence-corrected chi connectivity index (χ0v) is 16.7. The maximum Gasteiger partial charge on any atom is 0.291 e. The molecule has 1 amide bonds. The van der Waals surface area contributed by atoms with E-state index in [1.807, 2.05) is 19.1 Å². The molecule has 0 saturated carbocycles. The quantitative estimate of drug-likeness (QED) is 0.608. The number of aryl methyl sites for hydroxylation is 2. The van der Waals surface area contributed by atoms with Crippen LogP contribution in [0.15, 0.2) is 46.8 Å². The largest absolute Gasteiger partial charge is 0.296 e. The Balaban J connectivity index is 1.77. The molecule has 3 rings (SSSR count). The molecule has 0 atom stereocenters. The highest BCUT2D eigenvalue weighted by Gasteiger charge is 2.22. The summed E-state index contributed by atoms with van der Waals surface area (Å²) in [5.74, 6) is -0.395. The highest BCUT2D eigenvalue weighted by molar-refractivity contribution is 7.94. The van der Waals surface area contributed by atoms with E-state index in [0.717, 1.165) is 16.9 Å². The smallest absolute Gasteiger partial charge is 0.291 e. The summed E-state index contributed by atoms with van der Waals surface area (Å²) in [6.45, 7) is 3.67. The monoisotopic (exact) mass is 422 g/mol. The van der Waals surface area contributed by atoms with Gasteiger partial charge >= 0.3 is 0 Å². The van der Waals surface area contributed by atoms with Crippen LogP contribution in [0.4, 0.5) is 10.8 Å². The molecule has 27 heavy (non-hydrogen) atoms. The second-order valence-corrected chi connectivity index (χ2v) is 9.03. The third-order valence-corrected chi connectivity index (χ3v) is 6.42. The van der Waals surface area contributed by atoms with E-state index in [2.05, 4.69) is 20.2 Å². The molecule has 0 saturated heterocycles. The van der Waals surface area contributed by atoms with Crippen molar-refractivity contribution < 1.29 is 13.2 Å². The lowest BCUT2D eigenvalue weighted by atomic mass is 10.1. The van der Waals surface area contributed by atoms with Gasteiger partial charge in [0.25, 0.3) is 20.3 Å².